The molecule has 0 saturated heterocycles. The topological polar surface area (TPSA) is 49.2 Å². The first-order valence-corrected chi connectivity index (χ1v) is 9.63. The van der Waals surface area contributed by atoms with Crippen LogP contribution in [0.3, 0.4) is 0 Å². The molecule has 0 atom stereocenters. The predicted octanol–water partition coefficient (Wildman–Crippen LogP) is 5.95. The molecule has 1 aromatic carbocycles. The molecule has 4 rings (SSSR count). The Labute approximate surface area is 167 Å². The van der Waals surface area contributed by atoms with Crippen molar-refractivity contribution in [2.75, 3.05) is 6.61 Å². The van der Waals surface area contributed by atoms with Crippen molar-refractivity contribution in [2.45, 2.75) is 32.6 Å². The molecule has 1 fully saturated rings. The fourth-order valence-corrected chi connectivity index (χ4v) is 3.43. The maximum atomic E-state index is 6.08. The molecular weight excluding hydrogens is 385 g/mol. The van der Waals surface area contributed by atoms with Gasteiger partial charge in [0.2, 0.25) is 5.75 Å². The minimum Gasteiger partial charge on any atom is -0.474 e. The van der Waals surface area contributed by atoms with E-state index in [1.165, 1.54) is 18.4 Å². The standard InChI is InChI=1S/C20H19Cl2N3O2/c1-3-26-20-19(27-17-9-15(21)8-16(22)10-17)12(2)25(24-20)18-7-6-14(11-23-18)13-4-5-13/h6-11,13H,3-5H2,1-2H3. The van der Waals surface area contributed by atoms with E-state index in [0.29, 0.717) is 39.9 Å². The predicted molar refractivity (Wildman–Crippen MR) is 106 cm³/mol. The molecule has 0 unspecified atom stereocenters. The van der Waals surface area contributed by atoms with Crippen molar-refractivity contribution >= 4 is 23.2 Å². The Morgan fingerprint density at radius 2 is 1.89 bits per heavy atom. The van der Waals surface area contributed by atoms with Gasteiger partial charge in [0.25, 0.3) is 5.88 Å². The Hall–Kier alpha value is -2.24. The van der Waals surface area contributed by atoms with E-state index >= 15 is 0 Å². The molecule has 27 heavy (non-hydrogen) atoms. The van der Waals surface area contributed by atoms with Crippen molar-refractivity contribution in [3.8, 4) is 23.2 Å². The quantitative estimate of drug-likeness (QED) is 0.509. The van der Waals surface area contributed by atoms with Gasteiger partial charge in [0.1, 0.15) is 5.75 Å². The molecule has 3 aromatic rings. The second-order valence-corrected chi connectivity index (χ2v) is 7.37. The molecule has 0 aliphatic heterocycles. The molecule has 0 radical (unpaired) electrons. The second kappa shape index (κ2) is 7.41. The first-order valence-electron chi connectivity index (χ1n) is 8.88. The van der Waals surface area contributed by atoms with Crippen LogP contribution in [-0.2, 0) is 0 Å². The largest absolute Gasteiger partial charge is 0.474 e. The van der Waals surface area contributed by atoms with Crippen molar-refractivity contribution in [3.05, 3.63) is 57.8 Å². The molecule has 0 bridgehead atoms. The van der Waals surface area contributed by atoms with Gasteiger partial charge in [0.15, 0.2) is 5.82 Å². The zero-order chi connectivity index (χ0) is 19.0. The molecule has 5 nitrogen and oxygen atoms in total. The third kappa shape index (κ3) is 3.89. The van der Waals surface area contributed by atoms with Gasteiger partial charge >= 0.3 is 0 Å². The summed E-state index contributed by atoms with van der Waals surface area (Å²) in [4.78, 5) is 4.57. The Bertz CT molecular complexity index is 946. The zero-order valence-electron chi connectivity index (χ0n) is 15.1. The number of halogens is 2. The lowest BCUT2D eigenvalue weighted by atomic mass is 10.2. The highest BCUT2D eigenvalue weighted by molar-refractivity contribution is 6.34. The van der Waals surface area contributed by atoms with Crippen LogP contribution in [0.4, 0.5) is 0 Å². The van der Waals surface area contributed by atoms with E-state index in [1.54, 1.807) is 22.9 Å². The summed E-state index contributed by atoms with van der Waals surface area (Å²) >= 11 is 12.2. The fourth-order valence-electron chi connectivity index (χ4n) is 2.92. The molecule has 0 N–H and O–H groups in total. The van der Waals surface area contributed by atoms with Crippen LogP contribution in [0.15, 0.2) is 36.5 Å². The van der Waals surface area contributed by atoms with Gasteiger partial charge in [0.05, 0.1) is 12.3 Å². The highest BCUT2D eigenvalue weighted by atomic mass is 35.5. The van der Waals surface area contributed by atoms with Gasteiger partial charge < -0.3 is 9.47 Å². The van der Waals surface area contributed by atoms with Crippen LogP contribution in [0.5, 0.6) is 17.4 Å². The maximum absolute atomic E-state index is 6.08. The number of hydrogen-bond donors (Lipinski definition) is 0. The SMILES string of the molecule is CCOc1nn(-c2ccc(C3CC3)cn2)c(C)c1Oc1cc(Cl)cc(Cl)c1. The second-order valence-electron chi connectivity index (χ2n) is 6.50. The summed E-state index contributed by atoms with van der Waals surface area (Å²) in [6.45, 7) is 4.28. The maximum Gasteiger partial charge on any atom is 0.277 e. The van der Waals surface area contributed by atoms with Gasteiger partial charge in [-0.25, -0.2) is 9.67 Å². The van der Waals surface area contributed by atoms with E-state index in [1.807, 2.05) is 26.1 Å². The van der Waals surface area contributed by atoms with Crippen LogP contribution < -0.4 is 9.47 Å². The molecule has 1 aliphatic rings. The lowest BCUT2D eigenvalue weighted by Crippen LogP contribution is -2.02. The number of nitrogens with zero attached hydrogens (tertiary/aromatic N) is 3. The van der Waals surface area contributed by atoms with E-state index in [2.05, 4.69) is 16.1 Å². The molecule has 0 spiro atoms. The number of pyridine rings is 1. The van der Waals surface area contributed by atoms with E-state index in [-0.39, 0.29) is 0 Å². The highest BCUT2D eigenvalue weighted by Gasteiger charge is 2.24. The third-order valence-electron chi connectivity index (χ3n) is 4.40. The minimum absolute atomic E-state index is 0.402. The van der Waals surface area contributed by atoms with Crippen molar-refractivity contribution < 1.29 is 9.47 Å². The Morgan fingerprint density at radius 1 is 1.15 bits per heavy atom. The Kier molecular flexibility index (Phi) is 4.98. The van der Waals surface area contributed by atoms with Gasteiger partial charge in [-0.15, -0.1) is 5.10 Å². The van der Waals surface area contributed by atoms with Crippen molar-refractivity contribution in [1.82, 2.24) is 14.8 Å². The van der Waals surface area contributed by atoms with Crippen LogP contribution in [0.25, 0.3) is 5.82 Å². The van der Waals surface area contributed by atoms with Crippen LogP contribution >= 0.6 is 23.2 Å². The molecule has 2 aromatic heterocycles. The van der Waals surface area contributed by atoms with E-state index in [0.717, 1.165) is 11.5 Å². The summed E-state index contributed by atoms with van der Waals surface area (Å²) in [5.41, 5.74) is 2.06. The summed E-state index contributed by atoms with van der Waals surface area (Å²) in [7, 11) is 0. The first kappa shape index (κ1) is 18.1. The summed E-state index contributed by atoms with van der Waals surface area (Å²) < 4.78 is 13.4. The lowest BCUT2D eigenvalue weighted by molar-refractivity contribution is 0.308. The number of rotatable bonds is 6. The molecule has 140 valence electrons. The Balaban J connectivity index is 1.70. The summed E-state index contributed by atoms with van der Waals surface area (Å²) in [6.07, 6.45) is 4.42. The Morgan fingerprint density at radius 3 is 2.48 bits per heavy atom. The van der Waals surface area contributed by atoms with Crippen molar-refractivity contribution in [1.29, 1.82) is 0 Å². The van der Waals surface area contributed by atoms with Gasteiger partial charge in [-0.1, -0.05) is 29.3 Å². The summed E-state index contributed by atoms with van der Waals surface area (Å²) in [5, 5.41) is 5.54. The lowest BCUT2D eigenvalue weighted by Gasteiger charge is -2.08. The monoisotopic (exact) mass is 403 g/mol. The van der Waals surface area contributed by atoms with Gasteiger partial charge in [-0.2, -0.15) is 0 Å². The van der Waals surface area contributed by atoms with Gasteiger partial charge in [-0.05, 0) is 62.4 Å². The van der Waals surface area contributed by atoms with Crippen LogP contribution in [0, 0.1) is 6.92 Å². The van der Waals surface area contributed by atoms with E-state index in [9.17, 15) is 0 Å². The van der Waals surface area contributed by atoms with E-state index in [4.69, 9.17) is 32.7 Å². The summed E-state index contributed by atoms with van der Waals surface area (Å²) in [5.74, 6) is 2.82. The smallest absolute Gasteiger partial charge is 0.277 e. The number of ether oxygens (including phenoxy) is 2. The molecule has 1 saturated carbocycles. The molecular formula is C20H19Cl2N3O2. The fraction of sp³-hybridized carbons (Fsp3) is 0.300. The third-order valence-corrected chi connectivity index (χ3v) is 4.84. The van der Waals surface area contributed by atoms with Gasteiger partial charge in [-0.3, -0.25) is 0 Å². The number of aromatic nitrogens is 3. The number of benzene rings is 1. The highest BCUT2D eigenvalue weighted by Crippen LogP contribution is 2.40. The van der Waals surface area contributed by atoms with Crippen LogP contribution in [-0.4, -0.2) is 21.4 Å². The zero-order valence-corrected chi connectivity index (χ0v) is 16.6. The average molecular weight is 404 g/mol. The minimum atomic E-state index is 0.402. The molecule has 0 amide bonds. The number of hydrogen-bond acceptors (Lipinski definition) is 4. The molecule has 7 heteroatoms. The molecule has 2 heterocycles. The molecule has 1 aliphatic carbocycles. The van der Waals surface area contributed by atoms with Gasteiger partial charge in [0, 0.05) is 16.2 Å². The van der Waals surface area contributed by atoms with Crippen LogP contribution in [0.1, 0.15) is 36.9 Å². The van der Waals surface area contributed by atoms with Crippen LogP contribution in [0.2, 0.25) is 10.0 Å². The normalized spacial score (nSPS) is 13.6. The van der Waals surface area contributed by atoms with Crippen molar-refractivity contribution in [2.24, 2.45) is 0 Å². The van der Waals surface area contributed by atoms with E-state index < -0.39 is 0 Å². The van der Waals surface area contributed by atoms with Crippen molar-refractivity contribution in [3.63, 3.8) is 0 Å². The summed E-state index contributed by atoms with van der Waals surface area (Å²) in [6, 6.07) is 9.13. The average Bonchev–Trinajstić information content (AvgIpc) is 3.43. The first-order chi connectivity index (χ1) is 13.0.